The zero-order valence-corrected chi connectivity index (χ0v) is 14.5. The lowest BCUT2D eigenvalue weighted by atomic mass is 10.1. The third-order valence-electron chi connectivity index (χ3n) is 3.65. The summed E-state index contributed by atoms with van der Waals surface area (Å²) in [6.07, 6.45) is 2.23. The van der Waals surface area contributed by atoms with Gasteiger partial charge in [-0.15, -0.1) is 0 Å². The van der Waals surface area contributed by atoms with E-state index in [1.54, 1.807) is 0 Å². The Morgan fingerprint density at radius 1 is 1.29 bits per heavy atom. The summed E-state index contributed by atoms with van der Waals surface area (Å²) in [5.74, 6) is 4.32. The maximum atomic E-state index is 4.88. The first kappa shape index (κ1) is 16.6. The predicted octanol–water partition coefficient (Wildman–Crippen LogP) is 3.33. The largest absolute Gasteiger partial charge is 0.355 e. The van der Waals surface area contributed by atoms with Crippen LogP contribution < -0.4 is 10.2 Å². The molecule has 1 N–H and O–H groups in total. The fourth-order valence-electron chi connectivity index (χ4n) is 2.58. The van der Waals surface area contributed by atoms with Crippen molar-refractivity contribution in [3.63, 3.8) is 0 Å². The number of pyridine rings is 1. The maximum Gasteiger partial charge on any atom is 0.129 e. The first-order valence-electron chi connectivity index (χ1n) is 8.22. The van der Waals surface area contributed by atoms with E-state index in [0.29, 0.717) is 5.92 Å². The highest BCUT2D eigenvalue weighted by atomic mass is 32.2. The van der Waals surface area contributed by atoms with Crippen LogP contribution >= 0.6 is 11.8 Å². The van der Waals surface area contributed by atoms with Crippen LogP contribution in [0.5, 0.6) is 0 Å². The molecule has 2 heterocycles. The molecular weight excluding hydrogens is 278 g/mol. The van der Waals surface area contributed by atoms with E-state index in [1.807, 2.05) is 11.8 Å². The van der Waals surface area contributed by atoms with Crippen LogP contribution in [-0.2, 0) is 13.0 Å². The van der Waals surface area contributed by atoms with Crippen LogP contribution in [0.3, 0.4) is 0 Å². The lowest BCUT2D eigenvalue weighted by Gasteiger charge is -2.28. The van der Waals surface area contributed by atoms with E-state index >= 15 is 0 Å². The van der Waals surface area contributed by atoms with Gasteiger partial charge in [-0.1, -0.05) is 27.2 Å². The third kappa shape index (κ3) is 5.51. The Bertz CT molecular complexity index is 428. The van der Waals surface area contributed by atoms with Crippen LogP contribution in [0.15, 0.2) is 12.1 Å². The molecule has 118 valence electrons. The number of aryl methyl sites for hydroxylation is 1. The minimum absolute atomic E-state index is 0.695. The number of thioether (sulfide) groups is 1. The fraction of sp³-hybridized carbons (Fsp3) is 0.706. The van der Waals surface area contributed by atoms with Crippen molar-refractivity contribution in [3.8, 4) is 0 Å². The molecule has 0 radical (unpaired) electrons. The molecule has 0 aliphatic carbocycles. The lowest BCUT2D eigenvalue weighted by molar-refractivity contribution is 0.552. The van der Waals surface area contributed by atoms with Gasteiger partial charge in [0.15, 0.2) is 0 Å². The van der Waals surface area contributed by atoms with Gasteiger partial charge in [0.25, 0.3) is 0 Å². The summed E-state index contributed by atoms with van der Waals surface area (Å²) in [5.41, 5.74) is 2.62. The van der Waals surface area contributed by atoms with E-state index in [4.69, 9.17) is 4.98 Å². The van der Waals surface area contributed by atoms with Crippen molar-refractivity contribution in [2.24, 2.45) is 5.92 Å². The van der Waals surface area contributed by atoms with E-state index in [-0.39, 0.29) is 0 Å². The molecule has 1 aliphatic rings. The molecule has 0 atom stereocenters. The quantitative estimate of drug-likeness (QED) is 0.836. The molecule has 1 fully saturated rings. The van der Waals surface area contributed by atoms with Gasteiger partial charge in [0.05, 0.1) is 0 Å². The molecule has 2 rings (SSSR count). The molecule has 0 saturated carbocycles. The van der Waals surface area contributed by atoms with Gasteiger partial charge in [-0.25, -0.2) is 4.98 Å². The van der Waals surface area contributed by atoms with Gasteiger partial charge >= 0.3 is 0 Å². The van der Waals surface area contributed by atoms with Crippen LogP contribution in [0.25, 0.3) is 0 Å². The average Bonchev–Trinajstić information content (AvgIpc) is 2.48. The Kier molecular flexibility index (Phi) is 6.84. The lowest BCUT2D eigenvalue weighted by Crippen LogP contribution is -2.33. The molecule has 1 saturated heterocycles. The smallest absolute Gasteiger partial charge is 0.129 e. The zero-order chi connectivity index (χ0) is 15.1. The summed E-state index contributed by atoms with van der Waals surface area (Å²) in [5, 5.41) is 3.55. The Morgan fingerprint density at radius 2 is 2.05 bits per heavy atom. The minimum atomic E-state index is 0.695. The summed E-state index contributed by atoms with van der Waals surface area (Å²) in [6.45, 7) is 11.0. The number of aromatic nitrogens is 1. The highest BCUT2D eigenvalue weighted by Crippen LogP contribution is 2.20. The fourth-order valence-corrected chi connectivity index (χ4v) is 3.48. The summed E-state index contributed by atoms with van der Waals surface area (Å²) in [7, 11) is 0. The number of nitrogens with zero attached hydrogens (tertiary/aromatic N) is 2. The Balaban J connectivity index is 2.09. The van der Waals surface area contributed by atoms with Gasteiger partial charge in [-0.05, 0) is 36.6 Å². The topological polar surface area (TPSA) is 28.2 Å². The van der Waals surface area contributed by atoms with Gasteiger partial charge in [-0.2, -0.15) is 11.8 Å². The number of anilines is 1. The first-order valence-corrected chi connectivity index (χ1v) is 9.37. The molecule has 1 aromatic heterocycles. The number of nitrogens with one attached hydrogen (secondary N) is 1. The first-order chi connectivity index (χ1) is 10.2. The SMILES string of the molecule is CCCc1cc(CNCC(C)C)cc(N2CCSCC2)n1. The van der Waals surface area contributed by atoms with Crippen molar-refractivity contribution in [2.45, 2.75) is 40.2 Å². The Hall–Kier alpha value is -0.740. The Labute approximate surface area is 133 Å². The van der Waals surface area contributed by atoms with Gasteiger partial charge < -0.3 is 10.2 Å². The predicted molar refractivity (Wildman–Crippen MR) is 94.3 cm³/mol. The summed E-state index contributed by atoms with van der Waals surface area (Å²) in [6, 6.07) is 4.56. The second kappa shape index (κ2) is 8.64. The van der Waals surface area contributed by atoms with E-state index in [9.17, 15) is 0 Å². The molecule has 1 aliphatic heterocycles. The zero-order valence-electron chi connectivity index (χ0n) is 13.7. The molecule has 3 nitrogen and oxygen atoms in total. The monoisotopic (exact) mass is 307 g/mol. The van der Waals surface area contributed by atoms with E-state index in [2.05, 4.69) is 43.1 Å². The van der Waals surface area contributed by atoms with Crippen molar-refractivity contribution >= 4 is 17.6 Å². The molecule has 4 heteroatoms. The van der Waals surface area contributed by atoms with Crippen LogP contribution in [0.2, 0.25) is 0 Å². The average molecular weight is 308 g/mol. The molecule has 0 unspecified atom stereocenters. The summed E-state index contributed by atoms with van der Waals surface area (Å²) < 4.78 is 0. The van der Waals surface area contributed by atoms with Crippen LogP contribution in [-0.4, -0.2) is 36.1 Å². The van der Waals surface area contributed by atoms with Crippen molar-refractivity contribution in [1.82, 2.24) is 10.3 Å². The van der Waals surface area contributed by atoms with Crippen molar-refractivity contribution in [3.05, 3.63) is 23.4 Å². The highest BCUT2D eigenvalue weighted by Gasteiger charge is 2.14. The van der Waals surface area contributed by atoms with E-state index in [0.717, 1.165) is 39.0 Å². The minimum Gasteiger partial charge on any atom is -0.355 e. The molecule has 0 bridgehead atoms. The van der Waals surface area contributed by atoms with E-state index in [1.165, 1.54) is 28.6 Å². The molecule has 0 spiro atoms. The molecule has 0 aromatic carbocycles. The second-order valence-corrected chi connectivity index (χ2v) is 7.42. The molecule has 1 aromatic rings. The third-order valence-corrected chi connectivity index (χ3v) is 4.59. The molecular formula is C17H29N3S. The number of hydrogen-bond donors (Lipinski definition) is 1. The van der Waals surface area contributed by atoms with E-state index < -0.39 is 0 Å². The summed E-state index contributed by atoms with van der Waals surface area (Å²) in [4.78, 5) is 7.32. The van der Waals surface area contributed by atoms with Gasteiger partial charge in [0.2, 0.25) is 0 Å². The standard InChI is InChI=1S/C17H29N3S/c1-4-5-16-10-15(13-18-12-14(2)3)11-17(19-16)20-6-8-21-9-7-20/h10-11,14,18H,4-9,12-13H2,1-3H3. The van der Waals surface area contributed by atoms with Crippen LogP contribution in [0.1, 0.15) is 38.4 Å². The van der Waals surface area contributed by atoms with Gasteiger partial charge in [0.1, 0.15) is 5.82 Å². The van der Waals surface area contributed by atoms with Crippen molar-refractivity contribution < 1.29 is 0 Å². The summed E-state index contributed by atoms with van der Waals surface area (Å²) >= 11 is 2.05. The second-order valence-electron chi connectivity index (χ2n) is 6.20. The molecule has 21 heavy (non-hydrogen) atoms. The van der Waals surface area contributed by atoms with Crippen molar-refractivity contribution in [1.29, 1.82) is 0 Å². The maximum absolute atomic E-state index is 4.88. The molecule has 0 amide bonds. The normalized spacial score (nSPS) is 15.7. The van der Waals surface area contributed by atoms with Gasteiger partial charge in [0, 0.05) is 36.8 Å². The highest BCUT2D eigenvalue weighted by molar-refractivity contribution is 7.99. The van der Waals surface area contributed by atoms with Gasteiger partial charge in [-0.3, -0.25) is 0 Å². The number of rotatable bonds is 7. The van der Waals surface area contributed by atoms with Crippen molar-refractivity contribution in [2.75, 3.05) is 36.0 Å². The van der Waals surface area contributed by atoms with Crippen LogP contribution in [0, 0.1) is 5.92 Å². The van der Waals surface area contributed by atoms with Crippen LogP contribution in [0.4, 0.5) is 5.82 Å². The Morgan fingerprint density at radius 3 is 2.71 bits per heavy atom. The number of hydrogen-bond acceptors (Lipinski definition) is 4.